The fourth-order valence-corrected chi connectivity index (χ4v) is 2.31. The number of methoxy groups -OCH3 is 1. The first-order valence-corrected chi connectivity index (χ1v) is 8.65. The highest BCUT2D eigenvalue weighted by Crippen LogP contribution is 2.28. The van der Waals surface area contributed by atoms with Gasteiger partial charge in [-0.15, -0.1) is 11.3 Å². The molecule has 0 spiro atoms. The number of esters is 1. The number of carbonyl (C=O) groups is 2. The SMILES string of the molecule is CC.COC(=O)c1sc(C#CC(C)(C)C)cc1NCC(=O)N(C)C. The van der Waals surface area contributed by atoms with E-state index in [4.69, 9.17) is 4.74 Å². The number of hydrogen-bond donors (Lipinski definition) is 1. The molecule has 0 saturated heterocycles. The lowest BCUT2D eigenvalue weighted by molar-refractivity contribution is -0.126. The molecule has 0 aromatic carbocycles. The second-order valence-corrected chi connectivity index (χ2v) is 7.04. The molecule has 0 aliphatic rings. The third-order valence-corrected chi connectivity index (χ3v) is 3.62. The predicted molar refractivity (Wildman–Crippen MR) is 101 cm³/mol. The van der Waals surface area contributed by atoms with E-state index in [1.807, 2.05) is 34.6 Å². The van der Waals surface area contributed by atoms with Crippen molar-refractivity contribution in [1.29, 1.82) is 0 Å². The lowest BCUT2D eigenvalue weighted by atomic mass is 9.98. The Morgan fingerprint density at radius 1 is 1.29 bits per heavy atom. The van der Waals surface area contributed by atoms with Gasteiger partial charge in [-0.25, -0.2) is 4.79 Å². The van der Waals surface area contributed by atoms with Gasteiger partial charge in [0.15, 0.2) is 0 Å². The second-order valence-electron chi connectivity index (χ2n) is 5.99. The molecular formula is C18H28N2O3S. The number of nitrogens with one attached hydrogen (secondary N) is 1. The van der Waals surface area contributed by atoms with Crippen molar-refractivity contribution in [2.45, 2.75) is 34.6 Å². The third-order valence-electron chi connectivity index (χ3n) is 2.59. The minimum absolute atomic E-state index is 0.0793. The van der Waals surface area contributed by atoms with Gasteiger partial charge in [-0.2, -0.15) is 0 Å². The topological polar surface area (TPSA) is 58.6 Å². The fraction of sp³-hybridized carbons (Fsp3) is 0.556. The fourth-order valence-electron chi connectivity index (χ4n) is 1.41. The van der Waals surface area contributed by atoms with E-state index >= 15 is 0 Å². The third kappa shape index (κ3) is 7.51. The van der Waals surface area contributed by atoms with Crippen LogP contribution in [0.5, 0.6) is 0 Å². The summed E-state index contributed by atoms with van der Waals surface area (Å²) in [5, 5.41) is 2.98. The Labute approximate surface area is 149 Å². The number of thiophene rings is 1. The standard InChI is InChI=1S/C16H22N2O3S.C2H6/c1-16(2,3)8-7-11-9-12(14(22-11)15(20)21-6)17-10-13(19)18(4)5;1-2/h9,17H,10H2,1-6H3;1-2H3. The largest absolute Gasteiger partial charge is 0.465 e. The highest BCUT2D eigenvalue weighted by atomic mass is 32.1. The van der Waals surface area contributed by atoms with Gasteiger partial charge in [-0.05, 0) is 26.8 Å². The van der Waals surface area contributed by atoms with E-state index in [-0.39, 0.29) is 17.9 Å². The summed E-state index contributed by atoms with van der Waals surface area (Å²) in [4.78, 5) is 26.2. The summed E-state index contributed by atoms with van der Waals surface area (Å²) in [5.74, 6) is 5.67. The van der Waals surface area contributed by atoms with E-state index in [0.717, 1.165) is 4.88 Å². The summed E-state index contributed by atoms with van der Waals surface area (Å²) < 4.78 is 4.78. The molecule has 1 heterocycles. The van der Waals surface area contributed by atoms with Gasteiger partial charge in [0.2, 0.25) is 5.91 Å². The van der Waals surface area contributed by atoms with Gasteiger partial charge in [0.1, 0.15) is 4.88 Å². The number of carbonyl (C=O) groups excluding carboxylic acids is 2. The molecule has 5 nitrogen and oxygen atoms in total. The van der Waals surface area contributed by atoms with Crippen LogP contribution in [0.25, 0.3) is 0 Å². The number of rotatable bonds is 4. The molecule has 1 N–H and O–H groups in total. The molecule has 1 aromatic rings. The van der Waals surface area contributed by atoms with Crippen molar-refractivity contribution < 1.29 is 14.3 Å². The monoisotopic (exact) mass is 352 g/mol. The van der Waals surface area contributed by atoms with Gasteiger partial charge < -0.3 is 15.0 Å². The molecule has 134 valence electrons. The van der Waals surface area contributed by atoms with Crippen LogP contribution < -0.4 is 5.32 Å². The maximum Gasteiger partial charge on any atom is 0.350 e. The first-order valence-electron chi connectivity index (χ1n) is 7.83. The average Bonchev–Trinajstić information content (AvgIpc) is 2.94. The summed E-state index contributed by atoms with van der Waals surface area (Å²) in [7, 11) is 4.69. The van der Waals surface area contributed by atoms with Gasteiger partial charge in [0, 0.05) is 19.5 Å². The maximum atomic E-state index is 11.8. The smallest absolute Gasteiger partial charge is 0.350 e. The molecule has 0 aliphatic carbocycles. The molecule has 1 aromatic heterocycles. The molecule has 0 fully saturated rings. The summed E-state index contributed by atoms with van der Waals surface area (Å²) in [6, 6.07) is 1.78. The van der Waals surface area contributed by atoms with Crippen molar-refractivity contribution in [1.82, 2.24) is 4.90 Å². The van der Waals surface area contributed by atoms with E-state index in [1.54, 1.807) is 20.2 Å². The zero-order valence-corrected chi connectivity index (χ0v) is 16.7. The Hall–Kier alpha value is -2.00. The van der Waals surface area contributed by atoms with Crippen molar-refractivity contribution in [3.63, 3.8) is 0 Å². The van der Waals surface area contributed by atoms with Crippen molar-refractivity contribution in [2.75, 3.05) is 33.1 Å². The van der Waals surface area contributed by atoms with Crippen LogP contribution >= 0.6 is 11.3 Å². The van der Waals surface area contributed by atoms with Crippen molar-refractivity contribution in [3.05, 3.63) is 15.8 Å². The van der Waals surface area contributed by atoms with Crippen LogP contribution in [0, 0.1) is 17.3 Å². The van der Waals surface area contributed by atoms with Crippen LogP contribution in [-0.2, 0) is 9.53 Å². The molecule has 24 heavy (non-hydrogen) atoms. The van der Waals surface area contributed by atoms with Gasteiger partial charge in [0.25, 0.3) is 0 Å². The number of anilines is 1. The quantitative estimate of drug-likeness (QED) is 0.666. The highest BCUT2D eigenvalue weighted by molar-refractivity contribution is 7.15. The lowest BCUT2D eigenvalue weighted by Gasteiger charge is -2.11. The molecule has 0 radical (unpaired) electrons. The second kappa shape index (κ2) is 9.99. The number of nitrogens with zero attached hydrogens (tertiary/aromatic N) is 1. The lowest BCUT2D eigenvalue weighted by Crippen LogP contribution is -2.28. The molecular weight excluding hydrogens is 324 g/mol. The average molecular weight is 353 g/mol. The van der Waals surface area contributed by atoms with E-state index in [9.17, 15) is 9.59 Å². The van der Waals surface area contributed by atoms with Crippen LogP contribution in [-0.4, -0.2) is 44.5 Å². The highest BCUT2D eigenvalue weighted by Gasteiger charge is 2.17. The zero-order chi connectivity index (χ0) is 18.9. The van der Waals surface area contributed by atoms with E-state index in [1.165, 1.54) is 23.3 Å². The Balaban J connectivity index is 0.00000254. The Morgan fingerprint density at radius 3 is 2.33 bits per heavy atom. The number of likely N-dealkylation sites (N-methyl/N-ethyl adjacent to an activating group) is 1. The first-order chi connectivity index (χ1) is 11.1. The molecule has 1 amide bonds. The minimum atomic E-state index is -0.436. The molecule has 0 bridgehead atoms. The first kappa shape index (κ1) is 22.0. The van der Waals surface area contributed by atoms with Crippen LogP contribution in [0.2, 0.25) is 0 Å². The van der Waals surface area contributed by atoms with Crippen LogP contribution in [0.15, 0.2) is 6.07 Å². The predicted octanol–water partition coefficient (Wildman–Crippen LogP) is 3.46. The molecule has 0 unspecified atom stereocenters. The van der Waals surface area contributed by atoms with Crippen LogP contribution in [0.4, 0.5) is 5.69 Å². The molecule has 6 heteroatoms. The summed E-state index contributed by atoms with van der Waals surface area (Å²) in [5.41, 5.74) is 0.453. The van der Waals surface area contributed by atoms with E-state index in [2.05, 4.69) is 17.2 Å². The van der Waals surface area contributed by atoms with E-state index < -0.39 is 5.97 Å². The van der Waals surface area contributed by atoms with Crippen LogP contribution in [0.1, 0.15) is 49.2 Å². The molecule has 0 aliphatic heterocycles. The number of hydrogen-bond acceptors (Lipinski definition) is 5. The van der Waals surface area contributed by atoms with Crippen molar-refractivity contribution >= 4 is 28.9 Å². The summed E-state index contributed by atoms with van der Waals surface area (Å²) >= 11 is 1.26. The Morgan fingerprint density at radius 2 is 1.88 bits per heavy atom. The van der Waals surface area contributed by atoms with Gasteiger partial charge in [-0.3, -0.25) is 4.79 Å². The molecule has 1 rings (SSSR count). The van der Waals surface area contributed by atoms with Crippen molar-refractivity contribution in [2.24, 2.45) is 5.41 Å². The van der Waals surface area contributed by atoms with Gasteiger partial charge in [-0.1, -0.05) is 25.7 Å². The summed E-state index contributed by atoms with van der Waals surface area (Å²) in [6.45, 7) is 10.2. The number of ether oxygens (including phenoxy) is 1. The van der Waals surface area contributed by atoms with Crippen molar-refractivity contribution in [3.8, 4) is 11.8 Å². The number of amides is 1. The van der Waals surface area contributed by atoms with Crippen LogP contribution in [0.3, 0.4) is 0 Å². The van der Waals surface area contributed by atoms with E-state index in [0.29, 0.717) is 10.6 Å². The Bertz CT molecular complexity index is 616. The normalized spacial score (nSPS) is 9.83. The Kier molecular flexibility index (Phi) is 9.16. The van der Waals surface area contributed by atoms with Gasteiger partial charge >= 0.3 is 5.97 Å². The van der Waals surface area contributed by atoms with Gasteiger partial charge in [0.05, 0.1) is 24.2 Å². The maximum absolute atomic E-state index is 11.8. The summed E-state index contributed by atoms with van der Waals surface area (Å²) in [6.07, 6.45) is 0. The molecule has 0 saturated carbocycles. The molecule has 0 atom stereocenters. The zero-order valence-electron chi connectivity index (χ0n) is 15.9. The minimum Gasteiger partial charge on any atom is -0.465 e.